The van der Waals surface area contributed by atoms with E-state index in [2.05, 4.69) is 4.98 Å². The van der Waals surface area contributed by atoms with Crippen molar-refractivity contribution >= 4 is 40.5 Å². The third-order valence-corrected chi connectivity index (χ3v) is 7.84. The maximum Gasteiger partial charge on any atom is 0.416 e. The molecule has 37 heavy (non-hydrogen) atoms. The first-order valence-electron chi connectivity index (χ1n) is 11.6. The van der Waals surface area contributed by atoms with Crippen LogP contribution in [0.2, 0.25) is 10.0 Å². The van der Waals surface area contributed by atoms with Crippen molar-refractivity contribution in [3.8, 4) is 16.3 Å². The number of carboxylic acids is 1. The maximum atomic E-state index is 12.9. The van der Waals surface area contributed by atoms with Crippen LogP contribution in [0.4, 0.5) is 13.2 Å². The molecule has 0 saturated carbocycles. The van der Waals surface area contributed by atoms with Crippen molar-refractivity contribution in [1.82, 2.24) is 4.98 Å². The molecule has 1 heterocycles. The molecule has 0 aliphatic heterocycles. The molecule has 0 spiro atoms. The van der Waals surface area contributed by atoms with Crippen molar-refractivity contribution in [1.29, 1.82) is 0 Å². The molecule has 1 aromatic heterocycles. The van der Waals surface area contributed by atoms with Crippen LogP contribution in [0.15, 0.2) is 36.4 Å². The van der Waals surface area contributed by atoms with Crippen molar-refractivity contribution in [3.05, 3.63) is 68.1 Å². The molecule has 0 amide bonds. The Morgan fingerprint density at radius 3 is 2.30 bits per heavy atom. The van der Waals surface area contributed by atoms with Crippen LogP contribution in [0, 0.1) is 0 Å². The average Bonchev–Trinajstić information content (AvgIpc) is 3.29. The SMILES string of the molecule is CCC(Oc1ccc(CCC(O)c2sc(-c3ccc(C(F)(F)F)cc3)nc2C(C)C)c(Cl)c1Cl)C(=O)O. The highest BCUT2D eigenvalue weighted by molar-refractivity contribution is 7.15. The van der Waals surface area contributed by atoms with Gasteiger partial charge in [-0.05, 0) is 48.9 Å². The first kappa shape index (κ1) is 29.2. The summed E-state index contributed by atoms with van der Waals surface area (Å²) in [5, 5.41) is 21.0. The van der Waals surface area contributed by atoms with Gasteiger partial charge < -0.3 is 14.9 Å². The van der Waals surface area contributed by atoms with E-state index in [0.29, 0.717) is 33.1 Å². The van der Waals surface area contributed by atoms with Gasteiger partial charge >= 0.3 is 12.1 Å². The van der Waals surface area contributed by atoms with Gasteiger partial charge in [-0.1, -0.05) is 62.2 Å². The highest BCUT2D eigenvalue weighted by Crippen LogP contribution is 2.40. The second-order valence-corrected chi connectivity index (χ2v) is 10.5. The Kier molecular flexibility index (Phi) is 9.50. The second-order valence-electron chi connectivity index (χ2n) is 8.76. The standard InChI is InChI=1S/C26H26Cl2F3NO4S/c1-4-18(25(34)35)36-19-12-8-14(20(27)21(19)28)7-11-17(33)23-22(13(2)3)32-24(37-23)15-5-9-16(10-6-15)26(29,30)31/h5-6,8-10,12-13,17-18,33H,4,7,11H2,1-3H3,(H,34,35). The highest BCUT2D eigenvalue weighted by atomic mass is 35.5. The number of ether oxygens (including phenoxy) is 1. The van der Waals surface area contributed by atoms with Crippen molar-refractivity contribution in [2.24, 2.45) is 0 Å². The van der Waals surface area contributed by atoms with Crippen LogP contribution in [0.25, 0.3) is 10.6 Å². The summed E-state index contributed by atoms with van der Waals surface area (Å²) in [6.07, 6.45) is -5.47. The largest absolute Gasteiger partial charge is 0.479 e. The zero-order valence-electron chi connectivity index (χ0n) is 20.3. The normalized spacial score (nSPS) is 13.6. The van der Waals surface area contributed by atoms with E-state index in [9.17, 15) is 28.2 Å². The predicted octanol–water partition coefficient (Wildman–Crippen LogP) is 8.17. The van der Waals surface area contributed by atoms with Crippen molar-refractivity contribution in [3.63, 3.8) is 0 Å². The van der Waals surface area contributed by atoms with Gasteiger partial charge in [-0.15, -0.1) is 11.3 Å². The van der Waals surface area contributed by atoms with E-state index in [1.807, 2.05) is 13.8 Å². The van der Waals surface area contributed by atoms with Gasteiger partial charge in [0.25, 0.3) is 0 Å². The van der Waals surface area contributed by atoms with Crippen LogP contribution in [0.5, 0.6) is 5.75 Å². The lowest BCUT2D eigenvalue weighted by Gasteiger charge is -2.17. The van der Waals surface area contributed by atoms with Crippen LogP contribution in [-0.2, 0) is 17.4 Å². The van der Waals surface area contributed by atoms with Gasteiger partial charge in [0.05, 0.1) is 27.3 Å². The lowest BCUT2D eigenvalue weighted by Crippen LogP contribution is -2.26. The average molecular weight is 576 g/mol. The highest BCUT2D eigenvalue weighted by Gasteiger charge is 2.30. The number of rotatable bonds is 10. The number of alkyl halides is 3. The summed E-state index contributed by atoms with van der Waals surface area (Å²) < 4.78 is 44.2. The third kappa shape index (κ3) is 6.96. The Bertz CT molecular complexity index is 1250. The van der Waals surface area contributed by atoms with Crippen LogP contribution < -0.4 is 4.74 Å². The number of carboxylic acid groups (broad SMARTS) is 1. The molecule has 0 saturated heterocycles. The number of halogens is 5. The number of benzene rings is 2. The van der Waals surface area contributed by atoms with Crippen LogP contribution in [0.3, 0.4) is 0 Å². The van der Waals surface area contributed by atoms with Gasteiger partial charge in [0, 0.05) is 5.56 Å². The zero-order valence-corrected chi connectivity index (χ0v) is 22.6. The van der Waals surface area contributed by atoms with E-state index in [4.69, 9.17) is 27.9 Å². The fourth-order valence-corrected chi connectivity index (χ4v) is 5.39. The molecule has 2 unspecified atom stereocenters. The fraction of sp³-hybridized carbons (Fsp3) is 0.385. The lowest BCUT2D eigenvalue weighted by molar-refractivity contribution is -0.145. The minimum atomic E-state index is -4.42. The molecule has 0 fully saturated rings. The Labute approximate surface area is 226 Å². The summed E-state index contributed by atoms with van der Waals surface area (Å²) >= 11 is 14.0. The number of thiazole rings is 1. The minimum absolute atomic E-state index is 0.0145. The van der Waals surface area contributed by atoms with Crippen LogP contribution >= 0.6 is 34.5 Å². The molecular formula is C26H26Cl2F3NO4S. The summed E-state index contributed by atoms with van der Waals surface area (Å²) in [5.74, 6) is -0.960. The zero-order chi connectivity index (χ0) is 27.5. The van der Waals surface area contributed by atoms with E-state index in [1.54, 1.807) is 19.1 Å². The summed E-state index contributed by atoms with van der Waals surface area (Å²) in [5.41, 5.74) is 1.13. The fourth-order valence-electron chi connectivity index (χ4n) is 3.66. The Balaban J connectivity index is 1.78. The van der Waals surface area contributed by atoms with E-state index < -0.39 is 29.9 Å². The molecule has 2 aromatic carbocycles. The molecule has 0 radical (unpaired) electrons. The van der Waals surface area contributed by atoms with E-state index >= 15 is 0 Å². The molecule has 200 valence electrons. The quantitative estimate of drug-likeness (QED) is 0.255. The molecule has 2 atom stereocenters. The maximum absolute atomic E-state index is 12.9. The van der Waals surface area contributed by atoms with Crippen LogP contribution in [-0.4, -0.2) is 27.3 Å². The smallest absolute Gasteiger partial charge is 0.416 e. The van der Waals surface area contributed by atoms with Crippen molar-refractivity contribution in [2.75, 3.05) is 0 Å². The molecule has 3 aromatic rings. The number of aliphatic hydroxyl groups excluding tert-OH is 1. The Hall–Kier alpha value is -2.33. The Morgan fingerprint density at radius 2 is 1.76 bits per heavy atom. The van der Waals surface area contributed by atoms with E-state index in [-0.39, 0.29) is 34.6 Å². The van der Waals surface area contributed by atoms with Gasteiger partial charge in [-0.3, -0.25) is 0 Å². The molecule has 0 aliphatic rings. The van der Waals surface area contributed by atoms with Gasteiger partial charge in [0.2, 0.25) is 0 Å². The molecule has 11 heteroatoms. The lowest BCUT2D eigenvalue weighted by atomic mass is 10.0. The topological polar surface area (TPSA) is 79.7 Å². The number of aliphatic carboxylic acids is 1. The summed E-state index contributed by atoms with van der Waals surface area (Å²) in [7, 11) is 0. The van der Waals surface area contributed by atoms with Gasteiger partial charge in [-0.2, -0.15) is 13.2 Å². The molecule has 0 aliphatic carbocycles. The third-order valence-electron chi connectivity index (χ3n) is 5.72. The monoisotopic (exact) mass is 575 g/mol. The minimum Gasteiger partial charge on any atom is -0.479 e. The van der Waals surface area contributed by atoms with Crippen LogP contribution in [0.1, 0.15) is 67.3 Å². The first-order chi connectivity index (χ1) is 17.3. The summed E-state index contributed by atoms with van der Waals surface area (Å²) in [6, 6.07) is 8.01. The predicted molar refractivity (Wildman–Crippen MR) is 139 cm³/mol. The number of aromatic nitrogens is 1. The van der Waals surface area contributed by atoms with Crippen molar-refractivity contribution < 1.29 is 32.9 Å². The van der Waals surface area contributed by atoms with Gasteiger partial charge in [-0.25, -0.2) is 9.78 Å². The molecule has 2 N–H and O–H groups in total. The first-order valence-corrected chi connectivity index (χ1v) is 13.1. The number of aryl methyl sites for hydroxylation is 1. The number of hydrogen-bond donors (Lipinski definition) is 2. The number of aliphatic hydroxyl groups is 1. The number of carbonyl (C=O) groups is 1. The molecule has 0 bridgehead atoms. The number of nitrogens with zero attached hydrogens (tertiary/aromatic N) is 1. The van der Waals surface area contributed by atoms with E-state index in [0.717, 1.165) is 12.1 Å². The second kappa shape index (κ2) is 12.0. The Morgan fingerprint density at radius 1 is 1.11 bits per heavy atom. The summed E-state index contributed by atoms with van der Waals surface area (Å²) in [4.78, 5) is 16.5. The van der Waals surface area contributed by atoms with Gasteiger partial charge in [0.1, 0.15) is 15.8 Å². The summed E-state index contributed by atoms with van der Waals surface area (Å²) in [6.45, 7) is 5.54. The van der Waals surface area contributed by atoms with Gasteiger partial charge in [0.15, 0.2) is 6.10 Å². The molecule has 5 nitrogen and oxygen atoms in total. The van der Waals surface area contributed by atoms with E-state index in [1.165, 1.54) is 23.5 Å². The molecule has 3 rings (SSSR count). The van der Waals surface area contributed by atoms with Crippen molar-refractivity contribution in [2.45, 2.75) is 64.3 Å². The molecular weight excluding hydrogens is 550 g/mol. The number of hydrogen-bond acceptors (Lipinski definition) is 5.